The SMILES string of the molecule is Cc1cc([C@@H]2CCCN2C(=O)c2cc3c(s2)CCCCC3)on1. The van der Waals surface area contributed by atoms with Crippen LogP contribution in [0, 0.1) is 6.92 Å². The molecule has 2 aliphatic rings. The number of aryl methyl sites for hydroxylation is 3. The Balaban J connectivity index is 1.58. The lowest BCUT2D eigenvalue weighted by Crippen LogP contribution is -2.29. The molecule has 0 unspecified atom stereocenters. The first-order valence-electron chi connectivity index (χ1n) is 8.58. The van der Waals surface area contributed by atoms with Gasteiger partial charge >= 0.3 is 0 Å². The molecule has 0 saturated carbocycles. The van der Waals surface area contributed by atoms with Crippen LogP contribution in [0.15, 0.2) is 16.7 Å². The molecule has 4 rings (SSSR count). The van der Waals surface area contributed by atoms with Crippen molar-refractivity contribution in [3.63, 3.8) is 0 Å². The van der Waals surface area contributed by atoms with E-state index in [1.165, 1.54) is 29.7 Å². The van der Waals surface area contributed by atoms with Crippen molar-refractivity contribution in [2.75, 3.05) is 6.54 Å². The maximum absolute atomic E-state index is 13.0. The van der Waals surface area contributed by atoms with E-state index in [1.807, 2.05) is 17.9 Å². The molecule has 0 bridgehead atoms. The molecule has 0 N–H and O–H groups in total. The lowest BCUT2D eigenvalue weighted by atomic mass is 10.1. The van der Waals surface area contributed by atoms with E-state index in [-0.39, 0.29) is 11.9 Å². The zero-order valence-electron chi connectivity index (χ0n) is 13.5. The summed E-state index contributed by atoms with van der Waals surface area (Å²) < 4.78 is 5.42. The standard InChI is InChI=1S/C18H22N2O2S/c1-12-10-15(22-19-12)14-7-5-9-20(14)18(21)17-11-13-6-3-2-4-8-16(13)23-17/h10-11,14H,2-9H2,1H3/t14-/m0/s1. The van der Waals surface area contributed by atoms with Crippen molar-refractivity contribution >= 4 is 17.2 Å². The minimum absolute atomic E-state index is 0.0469. The van der Waals surface area contributed by atoms with E-state index in [0.29, 0.717) is 0 Å². The molecule has 1 amide bonds. The Hall–Kier alpha value is -1.62. The number of fused-ring (bicyclic) bond motifs is 1. The smallest absolute Gasteiger partial charge is 0.264 e. The van der Waals surface area contributed by atoms with E-state index in [1.54, 1.807) is 11.3 Å². The second-order valence-electron chi connectivity index (χ2n) is 6.65. The van der Waals surface area contributed by atoms with Crippen LogP contribution < -0.4 is 0 Å². The minimum atomic E-state index is 0.0469. The summed E-state index contributed by atoms with van der Waals surface area (Å²) in [5.41, 5.74) is 2.28. The van der Waals surface area contributed by atoms with Crippen molar-refractivity contribution in [3.05, 3.63) is 38.9 Å². The van der Waals surface area contributed by atoms with Crippen LogP contribution in [0.3, 0.4) is 0 Å². The van der Waals surface area contributed by atoms with E-state index in [2.05, 4.69) is 11.2 Å². The molecule has 1 aliphatic carbocycles. The fraction of sp³-hybridized carbons (Fsp3) is 0.556. The zero-order chi connectivity index (χ0) is 15.8. The number of rotatable bonds is 2. The van der Waals surface area contributed by atoms with Crippen LogP contribution in [0.5, 0.6) is 0 Å². The Morgan fingerprint density at radius 2 is 2.13 bits per heavy atom. The number of hydrogen-bond donors (Lipinski definition) is 0. The van der Waals surface area contributed by atoms with Crippen LogP contribution in [0.4, 0.5) is 0 Å². The van der Waals surface area contributed by atoms with Gasteiger partial charge in [-0.2, -0.15) is 0 Å². The van der Waals surface area contributed by atoms with Gasteiger partial charge in [-0.05, 0) is 57.1 Å². The van der Waals surface area contributed by atoms with Crippen molar-refractivity contribution in [1.82, 2.24) is 10.1 Å². The molecule has 122 valence electrons. The normalized spacial score (nSPS) is 21.3. The highest BCUT2D eigenvalue weighted by atomic mass is 32.1. The average molecular weight is 330 g/mol. The van der Waals surface area contributed by atoms with Crippen LogP contribution >= 0.6 is 11.3 Å². The van der Waals surface area contributed by atoms with Gasteiger partial charge in [-0.25, -0.2) is 0 Å². The zero-order valence-corrected chi connectivity index (χ0v) is 14.3. The third-order valence-corrected chi connectivity index (χ3v) is 6.17. The molecule has 1 atom stereocenters. The minimum Gasteiger partial charge on any atom is -0.359 e. The number of aromatic nitrogens is 1. The monoisotopic (exact) mass is 330 g/mol. The number of hydrogen-bond acceptors (Lipinski definition) is 4. The third-order valence-electron chi connectivity index (χ3n) is 4.95. The van der Waals surface area contributed by atoms with Crippen LogP contribution in [0.25, 0.3) is 0 Å². The van der Waals surface area contributed by atoms with Gasteiger partial charge in [0.1, 0.15) is 0 Å². The summed E-state index contributed by atoms with van der Waals surface area (Å²) >= 11 is 1.71. The van der Waals surface area contributed by atoms with Gasteiger partial charge in [0.15, 0.2) is 5.76 Å². The van der Waals surface area contributed by atoms with Crippen LogP contribution in [0.1, 0.15) is 69.7 Å². The van der Waals surface area contributed by atoms with Gasteiger partial charge in [0.05, 0.1) is 16.6 Å². The molecule has 1 aliphatic heterocycles. The van der Waals surface area contributed by atoms with Gasteiger partial charge in [0.2, 0.25) is 0 Å². The van der Waals surface area contributed by atoms with E-state index in [9.17, 15) is 4.79 Å². The van der Waals surface area contributed by atoms with E-state index in [4.69, 9.17) is 4.52 Å². The molecule has 0 spiro atoms. The first-order valence-corrected chi connectivity index (χ1v) is 9.40. The first kappa shape index (κ1) is 14.9. The Morgan fingerprint density at radius 3 is 2.96 bits per heavy atom. The third kappa shape index (κ3) is 2.82. The maximum atomic E-state index is 13.0. The van der Waals surface area contributed by atoms with Gasteiger partial charge in [0.25, 0.3) is 5.91 Å². The van der Waals surface area contributed by atoms with Gasteiger partial charge in [-0.3, -0.25) is 4.79 Å². The number of likely N-dealkylation sites (tertiary alicyclic amines) is 1. The number of carbonyl (C=O) groups is 1. The Labute approximate surface area is 140 Å². The van der Waals surface area contributed by atoms with Crippen molar-refractivity contribution in [2.45, 2.75) is 57.9 Å². The Morgan fingerprint density at radius 1 is 1.26 bits per heavy atom. The molecule has 4 nitrogen and oxygen atoms in total. The van der Waals surface area contributed by atoms with Gasteiger partial charge in [0, 0.05) is 17.5 Å². The molecular weight excluding hydrogens is 308 g/mol. The summed E-state index contributed by atoms with van der Waals surface area (Å²) in [5.74, 6) is 0.992. The fourth-order valence-corrected chi connectivity index (χ4v) is 4.97. The van der Waals surface area contributed by atoms with Crippen LogP contribution in [-0.4, -0.2) is 22.5 Å². The van der Waals surface area contributed by atoms with Gasteiger partial charge < -0.3 is 9.42 Å². The highest BCUT2D eigenvalue weighted by Crippen LogP contribution is 2.36. The van der Waals surface area contributed by atoms with Gasteiger partial charge in [-0.1, -0.05) is 11.6 Å². The quantitative estimate of drug-likeness (QED) is 0.772. The van der Waals surface area contributed by atoms with Crippen molar-refractivity contribution in [2.24, 2.45) is 0 Å². The summed E-state index contributed by atoms with van der Waals surface area (Å²) in [7, 11) is 0. The second-order valence-corrected chi connectivity index (χ2v) is 7.78. The number of nitrogens with zero attached hydrogens (tertiary/aromatic N) is 2. The Bertz CT molecular complexity index is 695. The molecular formula is C18H22N2O2S. The van der Waals surface area contributed by atoms with Crippen LogP contribution in [0.2, 0.25) is 0 Å². The maximum Gasteiger partial charge on any atom is 0.264 e. The lowest BCUT2D eigenvalue weighted by molar-refractivity contribution is 0.0719. The van der Waals surface area contributed by atoms with Gasteiger partial charge in [-0.15, -0.1) is 11.3 Å². The molecule has 2 aromatic heterocycles. The van der Waals surface area contributed by atoms with E-state index in [0.717, 1.165) is 48.6 Å². The predicted molar refractivity (Wildman–Crippen MR) is 89.8 cm³/mol. The average Bonchev–Trinajstić information content (AvgIpc) is 3.24. The molecule has 1 saturated heterocycles. The second kappa shape index (κ2) is 6.11. The highest BCUT2D eigenvalue weighted by molar-refractivity contribution is 7.14. The number of carbonyl (C=O) groups excluding carboxylic acids is 1. The van der Waals surface area contributed by atoms with E-state index < -0.39 is 0 Å². The number of thiophene rings is 1. The summed E-state index contributed by atoms with van der Waals surface area (Å²) in [6, 6.07) is 4.15. The largest absolute Gasteiger partial charge is 0.359 e. The van der Waals surface area contributed by atoms with E-state index >= 15 is 0 Å². The summed E-state index contributed by atoms with van der Waals surface area (Å²) in [5, 5.41) is 3.98. The van der Waals surface area contributed by atoms with Crippen molar-refractivity contribution in [1.29, 1.82) is 0 Å². The summed E-state index contributed by atoms with van der Waals surface area (Å²) in [6.07, 6.45) is 8.07. The van der Waals surface area contributed by atoms with Crippen molar-refractivity contribution < 1.29 is 9.32 Å². The fourth-order valence-electron chi connectivity index (χ4n) is 3.76. The molecule has 0 aromatic carbocycles. The summed E-state index contributed by atoms with van der Waals surface area (Å²) in [6.45, 7) is 2.73. The van der Waals surface area contributed by atoms with Crippen LogP contribution in [-0.2, 0) is 12.8 Å². The molecule has 3 heterocycles. The van der Waals surface area contributed by atoms with Crippen molar-refractivity contribution in [3.8, 4) is 0 Å². The molecule has 1 fully saturated rings. The summed E-state index contributed by atoms with van der Waals surface area (Å²) in [4.78, 5) is 17.3. The predicted octanol–water partition coefficient (Wildman–Crippen LogP) is 4.29. The Kier molecular flexibility index (Phi) is 3.97. The topological polar surface area (TPSA) is 46.3 Å². The highest BCUT2D eigenvalue weighted by Gasteiger charge is 2.34. The number of amides is 1. The molecule has 23 heavy (non-hydrogen) atoms. The molecule has 2 aromatic rings. The lowest BCUT2D eigenvalue weighted by Gasteiger charge is -2.21. The first-order chi connectivity index (χ1) is 11.2. The molecule has 5 heteroatoms. The molecule has 0 radical (unpaired) electrons.